The highest BCUT2D eigenvalue weighted by molar-refractivity contribution is 5.78. The van der Waals surface area contributed by atoms with Gasteiger partial charge in [-0.15, -0.1) is 0 Å². The van der Waals surface area contributed by atoms with E-state index in [1.54, 1.807) is 0 Å². The van der Waals surface area contributed by atoms with Crippen molar-refractivity contribution in [2.45, 2.75) is 12.1 Å². The molecule has 0 N–H and O–H groups in total. The molecule has 0 bridgehead atoms. The summed E-state index contributed by atoms with van der Waals surface area (Å²) >= 11 is 0. The summed E-state index contributed by atoms with van der Waals surface area (Å²) in [5.74, 6) is -0.162. The Morgan fingerprint density at radius 3 is 2.70 bits per heavy atom. The Kier molecular flexibility index (Phi) is 4.91. The van der Waals surface area contributed by atoms with Gasteiger partial charge in [0.05, 0.1) is 32.0 Å². The van der Waals surface area contributed by atoms with Gasteiger partial charge in [0.1, 0.15) is 6.04 Å². The highest BCUT2D eigenvalue weighted by Gasteiger charge is 2.43. The van der Waals surface area contributed by atoms with Gasteiger partial charge in [0.2, 0.25) is 0 Å². The predicted molar refractivity (Wildman–Crippen MR) is 83.7 cm³/mol. The standard InChI is InChI=1S/C17H21N3O3/c1-22-17(21)16-12-20(16)11-15(19-6-8-23-9-7-19)14-4-2-13(10-18)3-5-14/h2-5,15-16H,6-9,11-12H2,1H3. The van der Waals surface area contributed by atoms with Crippen molar-refractivity contribution in [2.24, 2.45) is 0 Å². The fraction of sp³-hybridized carbons (Fsp3) is 0.529. The summed E-state index contributed by atoms with van der Waals surface area (Å²) in [6, 6.07) is 9.95. The topological polar surface area (TPSA) is 65.6 Å². The molecule has 1 aromatic rings. The van der Waals surface area contributed by atoms with E-state index in [9.17, 15) is 4.79 Å². The predicted octanol–water partition coefficient (Wildman–Crippen LogP) is 0.789. The molecule has 3 rings (SSSR count). The lowest BCUT2D eigenvalue weighted by atomic mass is 10.0. The normalized spacial score (nSPS) is 25.4. The van der Waals surface area contributed by atoms with Crippen LogP contribution in [0, 0.1) is 11.3 Å². The average molecular weight is 315 g/mol. The number of methoxy groups -OCH3 is 1. The second kappa shape index (κ2) is 7.09. The Balaban J connectivity index is 1.73. The zero-order valence-corrected chi connectivity index (χ0v) is 13.3. The number of hydrogen-bond acceptors (Lipinski definition) is 6. The highest BCUT2D eigenvalue weighted by Crippen LogP contribution is 2.29. The summed E-state index contributed by atoms with van der Waals surface area (Å²) in [5, 5.41) is 8.96. The molecule has 2 saturated heterocycles. The second-order valence-electron chi connectivity index (χ2n) is 5.89. The van der Waals surface area contributed by atoms with E-state index in [0.29, 0.717) is 5.56 Å². The van der Waals surface area contributed by atoms with Crippen LogP contribution in [-0.4, -0.2) is 68.3 Å². The third kappa shape index (κ3) is 3.70. The highest BCUT2D eigenvalue weighted by atomic mass is 16.5. The number of benzene rings is 1. The second-order valence-corrected chi connectivity index (χ2v) is 5.89. The number of nitriles is 1. The Hall–Kier alpha value is -1.94. The van der Waals surface area contributed by atoms with Gasteiger partial charge in [-0.1, -0.05) is 12.1 Å². The number of carbonyl (C=O) groups excluding carboxylic acids is 1. The fourth-order valence-corrected chi connectivity index (χ4v) is 3.06. The van der Waals surface area contributed by atoms with E-state index < -0.39 is 0 Å². The van der Waals surface area contributed by atoms with Crippen LogP contribution in [0.2, 0.25) is 0 Å². The first-order chi connectivity index (χ1) is 11.2. The van der Waals surface area contributed by atoms with Gasteiger partial charge in [0, 0.05) is 32.2 Å². The van der Waals surface area contributed by atoms with Gasteiger partial charge in [0.25, 0.3) is 0 Å². The molecule has 0 aromatic heterocycles. The van der Waals surface area contributed by atoms with Crippen LogP contribution in [-0.2, 0) is 14.3 Å². The Bertz CT molecular complexity index is 590. The molecule has 0 spiro atoms. The lowest BCUT2D eigenvalue weighted by molar-refractivity contribution is -0.140. The van der Waals surface area contributed by atoms with Crippen molar-refractivity contribution in [2.75, 3.05) is 46.5 Å². The molecule has 6 nitrogen and oxygen atoms in total. The molecular weight excluding hydrogens is 294 g/mol. The van der Waals surface area contributed by atoms with Crippen molar-refractivity contribution in [1.82, 2.24) is 9.80 Å². The minimum absolute atomic E-state index is 0.109. The minimum Gasteiger partial charge on any atom is -0.468 e. The van der Waals surface area contributed by atoms with E-state index in [-0.39, 0.29) is 18.1 Å². The third-order valence-corrected chi connectivity index (χ3v) is 4.51. The lowest BCUT2D eigenvalue weighted by Gasteiger charge is -2.35. The first-order valence-corrected chi connectivity index (χ1v) is 7.86. The van der Waals surface area contributed by atoms with Crippen molar-refractivity contribution in [3.63, 3.8) is 0 Å². The molecule has 0 radical (unpaired) electrons. The number of morpholine rings is 1. The van der Waals surface area contributed by atoms with Gasteiger partial charge in [-0.3, -0.25) is 14.6 Å². The molecular formula is C17H21N3O3. The van der Waals surface area contributed by atoms with E-state index in [2.05, 4.69) is 15.9 Å². The number of ether oxygens (including phenoxy) is 2. The van der Waals surface area contributed by atoms with E-state index in [1.807, 2.05) is 24.3 Å². The molecule has 0 amide bonds. The SMILES string of the molecule is COC(=O)C1CN1CC(c1ccc(C#N)cc1)N1CCOCC1. The fourth-order valence-electron chi connectivity index (χ4n) is 3.06. The van der Waals surface area contributed by atoms with Gasteiger partial charge in [-0.05, 0) is 17.7 Å². The molecule has 0 saturated carbocycles. The minimum atomic E-state index is -0.162. The van der Waals surface area contributed by atoms with Crippen LogP contribution in [0.4, 0.5) is 0 Å². The van der Waals surface area contributed by atoms with E-state index >= 15 is 0 Å². The van der Waals surface area contributed by atoms with E-state index in [0.717, 1.165) is 39.4 Å². The van der Waals surface area contributed by atoms with Crippen molar-refractivity contribution >= 4 is 5.97 Å². The maximum Gasteiger partial charge on any atom is 0.324 e. The summed E-state index contributed by atoms with van der Waals surface area (Å²) in [6.07, 6.45) is 0. The average Bonchev–Trinajstić information content (AvgIpc) is 3.39. The van der Waals surface area contributed by atoms with Crippen molar-refractivity contribution < 1.29 is 14.3 Å². The number of nitrogens with zero attached hydrogens (tertiary/aromatic N) is 3. The molecule has 0 aliphatic carbocycles. The number of rotatable bonds is 5. The molecule has 122 valence electrons. The largest absolute Gasteiger partial charge is 0.468 e. The lowest BCUT2D eigenvalue weighted by Crippen LogP contribution is -2.41. The summed E-state index contributed by atoms with van der Waals surface area (Å²) in [4.78, 5) is 16.1. The van der Waals surface area contributed by atoms with Gasteiger partial charge >= 0.3 is 5.97 Å². The zero-order valence-electron chi connectivity index (χ0n) is 13.3. The first kappa shape index (κ1) is 15.9. The van der Waals surface area contributed by atoms with Crippen LogP contribution in [0.15, 0.2) is 24.3 Å². The van der Waals surface area contributed by atoms with Crippen molar-refractivity contribution in [3.8, 4) is 6.07 Å². The van der Waals surface area contributed by atoms with Crippen LogP contribution in [0.3, 0.4) is 0 Å². The molecule has 2 aliphatic heterocycles. The Morgan fingerprint density at radius 2 is 2.09 bits per heavy atom. The quantitative estimate of drug-likeness (QED) is 0.591. The maximum atomic E-state index is 11.6. The Morgan fingerprint density at radius 1 is 1.39 bits per heavy atom. The summed E-state index contributed by atoms with van der Waals surface area (Å²) < 4.78 is 10.3. The van der Waals surface area contributed by atoms with Crippen LogP contribution in [0.1, 0.15) is 17.2 Å². The van der Waals surface area contributed by atoms with Crippen LogP contribution in [0.5, 0.6) is 0 Å². The Labute approximate surface area is 136 Å². The van der Waals surface area contributed by atoms with E-state index in [1.165, 1.54) is 12.7 Å². The molecule has 3 atom stereocenters. The van der Waals surface area contributed by atoms with Crippen molar-refractivity contribution in [3.05, 3.63) is 35.4 Å². The smallest absolute Gasteiger partial charge is 0.324 e. The molecule has 6 heteroatoms. The summed E-state index contributed by atoms with van der Waals surface area (Å²) in [6.45, 7) is 4.75. The molecule has 2 aliphatic rings. The van der Waals surface area contributed by atoms with Crippen LogP contribution < -0.4 is 0 Å². The molecule has 1 aromatic carbocycles. The van der Waals surface area contributed by atoms with Gasteiger partial charge in [-0.2, -0.15) is 5.26 Å². The maximum absolute atomic E-state index is 11.6. The summed E-state index contributed by atoms with van der Waals surface area (Å²) in [5.41, 5.74) is 1.83. The van der Waals surface area contributed by atoms with Crippen LogP contribution >= 0.6 is 0 Å². The number of hydrogen-bond donors (Lipinski definition) is 0. The van der Waals surface area contributed by atoms with E-state index in [4.69, 9.17) is 14.7 Å². The molecule has 2 heterocycles. The molecule has 2 fully saturated rings. The monoisotopic (exact) mass is 315 g/mol. The van der Waals surface area contributed by atoms with Gasteiger partial charge in [-0.25, -0.2) is 0 Å². The van der Waals surface area contributed by atoms with Crippen LogP contribution in [0.25, 0.3) is 0 Å². The third-order valence-electron chi connectivity index (χ3n) is 4.51. The van der Waals surface area contributed by atoms with Gasteiger partial charge < -0.3 is 9.47 Å². The van der Waals surface area contributed by atoms with Crippen molar-refractivity contribution in [1.29, 1.82) is 5.26 Å². The zero-order chi connectivity index (χ0) is 16.2. The summed E-state index contributed by atoms with van der Waals surface area (Å²) in [7, 11) is 1.43. The molecule has 3 unspecified atom stereocenters. The number of esters is 1. The van der Waals surface area contributed by atoms with Gasteiger partial charge in [0.15, 0.2) is 0 Å². The number of carbonyl (C=O) groups is 1. The molecule has 23 heavy (non-hydrogen) atoms. The first-order valence-electron chi connectivity index (χ1n) is 7.86.